The molecule has 0 saturated heterocycles. The fraction of sp³-hybridized carbons (Fsp3) is 1.00. The van der Waals surface area contributed by atoms with E-state index < -0.39 is 0 Å². The van der Waals surface area contributed by atoms with Crippen molar-refractivity contribution in [2.45, 2.75) is 39.2 Å². The first kappa shape index (κ1) is 8.06. The second-order valence-corrected chi connectivity index (χ2v) is 3.73. The minimum atomic E-state index is 0.806. The van der Waals surface area contributed by atoms with Gasteiger partial charge in [0.1, 0.15) is 0 Å². The summed E-state index contributed by atoms with van der Waals surface area (Å²) in [5, 5.41) is 3.40. The second kappa shape index (κ2) is 3.38. The van der Waals surface area contributed by atoms with Crippen LogP contribution in [-0.2, 0) is 0 Å². The topological polar surface area (TPSA) is 12.0 Å². The zero-order valence-electron chi connectivity index (χ0n) is 7.35. The molecule has 0 aliphatic heterocycles. The summed E-state index contributed by atoms with van der Waals surface area (Å²) in [5.74, 6) is 1.80. The molecule has 0 amide bonds. The molecule has 1 rings (SSSR count). The van der Waals surface area contributed by atoms with Crippen molar-refractivity contribution in [3.8, 4) is 0 Å². The van der Waals surface area contributed by atoms with Crippen molar-refractivity contribution >= 4 is 0 Å². The van der Waals surface area contributed by atoms with E-state index in [1.807, 2.05) is 0 Å². The Morgan fingerprint density at radius 1 is 1.30 bits per heavy atom. The number of hydrogen-bond donors (Lipinski definition) is 1. The van der Waals surface area contributed by atoms with E-state index in [0.29, 0.717) is 0 Å². The highest BCUT2D eigenvalue weighted by molar-refractivity contribution is 4.83. The molecular formula is C9H19N. The first-order valence-corrected chi connectivity index (χ1v) is 4.43. The van der Waals surface area contributed by atoms with Gasteiger partial charge in [-0.15, -0.1) is 0 Å². The summed E-state index contributed by atoms with van der Waals surface area (Å²) in [5.41, 5.74) is 0. The highest BCUT2D eigenvalue weighted by atomic mass is 14.9. The van der Waals surface area contributed by atoms with Crippen LogP contribution in [0.4, 0.5) is 0 Å². The lowest BCUT2D eigenvalue weighted by Gasteiger charge is -2.22. The maximum absolute atomic E-state index is 3.40. The average molecular weight is 141 g/mol. The van der Waals surface area contributed by atoms with Gasteiger partial charge < -0.3 is 5.32 Å². The van der Waals surface area contributed by atoms with E-state index in [4.69, 9.17) is 0 Å². The quantitative estimate of drug-likeness (QED) is 0.620. The summed E-state index contributed by atoms with van der Waals surface area (Å²) in [6.07, 6.45) is 4.25. The Balaban J connectivity index is 2.42. The first-order valence-electron chi connectivity index (χ1n) is 4.43. The van der Waals surface area contributed by atoms with Gasteiger partial charge in [-0.3, -0.25) is 0 Å². The molecule has 0 heterocycles. The summed E-state index contributed by atoms with van der Waals surface area (Å²) in [6.45, 7) is 4.67. The minimum Gasteiger partial charge on any atom is -0.317 e. The SMILES string of the molecule is CN[C@@H]1CCCC1C(C)C. The van der Waals surface area contributed by atoms with Crippen LogP contribution in [0.3, 0.4) is 0 Å². The largest absolute Gasteiger partial charge is 0.317 e. The molecule has 60 valence electrons. The summed E-state index contributed by atoms with van der Waals surface area (Å²) in [7, 11) is 2.09. The van der Waals surface area contributed by atoms with Crippen LogP contribution in [0, 0.1) is 11.8 Å². The molecular weight excluding hydrogens is 122 g/mol. The zero-order chi connectivity index (χ0) is 7.56. The molecule has 10 heavy (non-hydrogen) atoms. The van der Waals surface area contributed by atoms with E-state index in [1.54, 1.807) is 0 Å². The molecule has 1 aliphatic carbocycles. The molecule has 1 heteroatoms. The van der Waals surface area contributed by atoms with Crippen LogP contribution in [0.5, 0.6) is 0 Å². The van der Waals surface area contributed by atoms with Crippen LogP contribution in [0.1, 0.15) is 33.1 Å². The molecule has 1 fully saturated rings. The lowest BCUT2D eigenvalue weighted by Crippen LogP contribution is -2.31. The fourth-order valence-corrected chi connectivity index (χ4v) is 2.15. The molecule has 0 spiro atoms. The van der Waals surface area contributed by atoms with Crippen LogP contribution in [0.25, 0.3) is 0 Å². The Hall–Kier alpha value is -0.0400. The summed E-state index contributed by atoms with van der Waals surface area (Å²) >= 11 is 0. The van der Waals surface area contributed by atoms with Crippen molar-refractivity contribution in [2.24, 2.45) is 11.8 Å². The van der Waals surface area contributed by atoms with Gasteiger partial charge in [-0.05, 0) is 31.7 Å². The molecule has 2 atom stereocenters. The predicted molar refractivity (Wildman–Crippen MR) is 45.0 cm³/mol. The van der Waals surface area contributed by atoms with Gasteiger partial charge in [0.05, 0.1) is 0 Å². The summed E-state index contributed by atoms with van der Waals surface area (Å²) < 4.78 is 0. The molecule has 1 N–H and O–H groups in total. The monoisotopic (exact) mass is 141 g/mol. The Morgan fingerprint density at radius 2 is 2.00 bits per heavy atom. The van der Waals surface area contributed by atoms with Gasteiger partial charge >= 0.3 is 0 Å². The number of nitrogens with one attached hydrogen (secondary N) is 1. The Morgan fingerprint density at radius 3 is 2.40 bits per heavy atom. The van der Waals surface area contributed by atoms with Crippen molar-refractivity contribution in [3.05, 3.63) is 0 Å². The van der Waals surface area contributed by atoms with E-state index in [-0.39, 0.29) is 0 Å². The molecule has 0 aromatic heterocycles. The van der Waals surface area contributed by atoms with Crippen molar-refractivity contribution in [3.63, 3.8) is 0 Å². The third kappa shape index (κ3) is 1.51. The normalized spacial score (nSPS) is 33.6. The molecule has 1 saturated carbocycles. The maximum Gasteiger partial charge on any atom is 0.00947 e. The van der Waals surface area contributed by atoms with Crippen molar-refractivity contribution in [1.29, 1.82) is 0 Å². The highest BCUT2D eigenvalue weighted by Crippen LogP contribution is 2.30. The van der Waals surface area contributed by atoms with E-state index in [1.165, 1.54) is 19.3 Å². The molecule has 0 bridgehead atoms. The van der Waals surface area contributed by atoms with Gasteiger partial charge in [0.25, 0.3) is 0 Å². The minimum absolute atomic E-state index is 0.806. The number of rotatable bonds is 2. The molecule has 1 nitrogen and oxygen atoms in total. The average Bonchev–Trinajstić information content (AvgIpc) is 2.33. The first-order chi connectivity index (χ1) is 4.75. The van der Waals surface area contributed by atoms with Crippen molar-refractivity contribution in [2.75, 3.05) is 7.05 Å². The zero-order valence-corrected chi connectivity index (χ0v) is 7.35. The Kier molecular flexibility index (Phi) is 2.72. The van der Waals surface area contributed by atoms with Gasteiger partial charge in [-0.2, -0.15) is 0 Å². The van der Waals surface area contributed by atoms with Gasteiger partial charge in [0, 0.05) is 6.04 Å². The van der Waals surface area contributed by atoms with Crippen molar-refractivity contribution < 1.29 is 0 Å². The van der Waals surface area contributed by atoms with Crippen LogP contribution in [0.2, 0.25) is 0 Å². The second-order valence-electron chi connectivity index (χ2n) is 3.73. The molecule has 1 unspecified atom stereocenters. The van der Waals surface area contributed by atoms with E-state index in [0.717, 1.165) is 17.9 Å². The highest BCUT2D eigenvalue weighted by Gasteiger charge is 2.27. The molecule has 1 aliphatic rings. The maximum atomic E-state index is 3.40. The third-order valence-electron chi connectivity index (χ3n) is 2.80. The van der Waals surface area contributed by atoms with Crippen LogP contribution in [-0.4, -0.2) is 13.1 Å². The van der Waals surface area contributed by atoms with Gasteiger partial charge in [0.2, 0.25) is 0 Å². The van der Waals surface area contributed by atoms with Crippen LogP contribution < -0.4 is 5.32 Å². The fourth-order valence-electron chi connectivity index (χ4n) is 2.15. The molecule has 0 aromatic rings. The van der Waals surface area contributed by atoms with Crippen LogP contribution in [0.15, 0.2) is 0 Å². The van der Waals surface area contributed by atoms with Gasteiger partial charge in [-0.1, -0.05) is 20.3 Å². The molecule has 0 aromatic carbocycles. The van der Waals surface area contributed by atoms with Gasteiger partial charge in [0.15, 0.2) is 0 Å². The Bertz CT molecular complexity index is 98.9. The molecule has 0 radical (unpaired) electrons. The lowest BCUT2D eigenvalue weighted by molar-refractivity contribution is 0.326. The summed E-state index contributed by atoms with van der Waals surface area (Å²) in [6, 6.07) is 0.806. The number of hydrogen-bond acceptors (Lipinski definition) is 1. The smallest absolute Gasteiger partial charge is 0.00947 e. The lowest BCUT2D eigenvalue weighted by atomic mass is 9.91. The Labute approximate surface area is 64.2 Å². The predicted octanol–water partition coefficient (Wildman–Crippen LogP) is 2.03. The van der Waals surface area contributed by atoms with Gasteiger partial charge in [-0.25, -0.2) is 0 Å². The third-order valence-corrected chi connectivity index (χ3v) is 2.80. The van der Waals surface area contributed by atoms with Crippen LogP contribution >= 0.6 is 0 Å². The van der Waals surface area contributed by atoms with Crippen molar-refractivity contribution in [1.82, 2.24) is 5.32 Å². The summed E-state index contributed by atoms with van der Waals surface area (Å²) in [4.78, 5) is 0. The van der Waals surface area contributed by atoms with E-state index >= 15 is 0 Å². The van der Waals surface area contributed by atoms with E-state index in [2.05, 4.69) is 26.2 Å². The standard InChI is InChI=1S/C9H19N/c1-7(2)8-5-4-6-9(8)10-3/h7-10H,4-6H2,1-3H3/t8?,9-/m1/s1. The van der Waals surface area contributed by atoms with E-state index in [9.17, 15) is 0 Å².